The van der Waals surface area contributed by atoms with Crippen molar-refractivity contribution in [2.24, 2.45) is 11.7 Å². The summed E-state index contributed by atoms with van der Waals surface area (Å²) in [5, 5.41) is 0. The average Bonchev–Trinajstić information content (AvgIpc) is 3.42. The van der Waals surface area contributed by atoms with E-state index >= 15 is 4.79 Å². The Hall–Kier alpha value is -5.07. The summed E-state index contributed by atoms with van der Waals surface area (Å²) in [4.78, 5) is 43.9. The molecule has 4 amide bonds. The molecular weight excluding hydrogens is 620 g/mol. The van der Waals surface area contributed by atoms with E-state index in [1.807, 2.05) is 96.4 Å². The zero-order valence-electron chi connectivity index (χ0n) is 27.6. The van der Waals surface area contributed by atoms with Crippen molar-refractivity contribution in [3.05, 3.63) is 143 Å². The Morgan fingerprint density at radius 3 is 1.41 bits per heavy atom. The van der Waals surface area contributed by atoms with Gasteiger partial charge in [0.1, 0.15) is 12.2 Å². The van der Waals surface area contributed by atoms with Crippen LogP contribution in [0.25, 0.3) is 0 Å². The minimum atomic E-state index is -0.921. The molecular formula is C38H42N6O5. The number of fused-ring (bicyclic) bond motifs is 1. The first-order chi connectivity index (χ1) is 23.7. The highest BCUT2D eigenvalue weighted by molar-refractivity contribution is 5.94. The highest BCUT2D eigenvalue weighted by Crippen LogP contribution is 2.40. The molecule has 0 saturated carbocycles. The highest BCUT2D eigenvalue weighted by Gasteiger charge is 2.55. The Morgan fingerprint density at radius 1 is 0.633 bits per heavy atom. The van der Waals surface area contributed by atoms with Gasteiger partial charge in [0.25, 0.3) is 11.8 Å². The first-order valence-electron chi connectivity index (χ1n) is 16.4. The summed E-state index contributed by atoms with van der Waals surface area (Å²) in [6, 6.07) is 33.1. The predicted molar refractivity (Wildman–Crippen MR) is 184 cm³/mol. The van der Waals surface area contributed by atoms with Crippen molar-refractivity contribution >= 4 is 17.8 Å². The van der Waals surface area contributed by atoms with Crippen molar-refractivity contribution in [2.75, 3.05) is 0 Å². The van der Waals surface area contributed by atoms with Crippen molar-refractivity contribution in [2.45, 2.75) is 69.9 Å². The van der Waals surface area contributed by atoms with Crippen molar-refractivity contribution in [1.29, 1.82) is 0 Å². The standard InChI is InChI=1S/C38H42N6O5/c1-38(2)48-33-31(21-25-11-5-3-6-12-25)43(23-27-15-9-17-29(19-27)35(45)41-39)37(47)44(24-28-16-10-18-30(20-28)36(46)42-40)32(34(33)49-38)22-26-13-7-4-8-14-26/h3-20,31-34H,21-24,39-40H2,1-2H3,(H,41,45)(H,42,46)/t31-,32-,33+,34+/m1/s1. The molecule has 2 fully saturated rings. The molecule has 2 aliphatic rings. The number of hydrogen-bond donors (Lipinski definition) is 4. The van der Waals surface area contributed by atoms with Crippen molar-refractivity contribution in [1.82, 2.24) is 20.7 Å². The topological polar surface area (TPSA) is 152 Å². The van der Waals surface area contributed by atoms with Gasteiger partial charge in [-0.25, -0.2) is 16.5 Å². The van der Waals surface area contributed by atoms with Gasteiger partial charge < -0.3 is 19.3 Å². The van der Waals surface area contributed by atoms with Crippen molar-refractivity contribution in [3.8, 4) is 0 Å². The van der Waals surface area contributed by atoms with Crippen LogP contribution < -0.4 is 22.5 Å². The molecule has 0 aromatic heterocycles. The second kappa shape index (κ2) is 14.6. The summed E-state index contributed by atoms with van der Waals surface area (Å²) < 4.78 is 13.5. The van der Waals surface area contributed by atoms with Crippen LogP contribution in [0, 0.1) is 0 Å². The number of carbonyl (C=O) groups excluding carboxylic acids is 3. The lowest BCUT2D eigenvalue weighted by molar-refractivity contribution is -0.157. The molecule has 4 aromatic carbocycles. The molecule has 254 valence electrons. The zero-order valence-corrected chi connectivity index (χ0v) is 27.6. The SMILES string of the molecule is CC1(C)O[C@@H]2[C@@H](O1)[C@@H](Cc1ccccc1)N(Cc1cccc(C(=O)NN)c1)C(=O)N(Cc1cccc(C(=O)NN)c1)[C@@H]2Cc1ccccc1. The number of carbonyl (C=O) groups is 3. The zero-order chi connectivity index (χ0) is 34.5. The van der Waals surface area contributed by atoms with Gasteiger partial charge in [0, 0.05) is 24.2 Å². The van der Waals surface area contributed by atoms with Crippen LogP contribution in [0.5, 0.6) is 0 Å². The van der Waals surface area contributed by atoms with Crippen LogP contribution in [0.15, 0.2) is 109 Å². The van der Waals surface area contributed by atoms with Crippen LogP contribution >= 0.6 is 0 Å². The Kier molecular flexibility index (Phi) is 10.1. The third-order valence-corrected chi connectivity index (χ3v) is 9.14. The number of hydrogen-bond acceptors (Lipinski definition) is 7. The highest BCUT2D eigenvalue weighted by atomic mass is 16.8. The molecule has 11 nitrogen and oxygen atoms in total. The maximum Gasteiger partial charge on any atom is 0.321 e. The second-order valence-electron chi connectivity index (χ2n) is 13.0. The van der Waals surface area contributed by atoms with Crippen molar-refractivity contribution < 1.29 is 23.9 Å². The lowest BCUT2D eigenvalue weighted by atomic mass is 9.90. The maximum atomic E-state index is 15.2. The molecule has 49 heavy (non-hydrogen) atoms. The predicted octanol–water partition coefficient (Wildman–Crippen LogP) is 4.07. The number of hydrazine groups is 2. The number of nitrogens with one attached hydrogen (secondary N) is 2. The van der Waals surface area contributed by atoms with Gasteiger partial charge in [0.2, 0.25) is 0 Å². The van der Waals surface area contributed by atoms with Gasteiger partial charge in [0.05, 0.1) is 12.1 Å². The van der Waals surface area contributed by atoms with Crippen LogP contribution in [-0.2, 0) is 35.4 Å². The smallest absolute Gasteiger partial charge is 0.321 e. The Bertz CT molecular complexity index is 1660. The van der Waals surface area contributed by atoms with Gasteiger partial charge in [-0.15, -0.1) is 0 Å². The molecule has 2 aliphatic heterocycles. The van der Waals surface area contributed by atoms with E-state index in [-0.39, 0.29) is 19.1 Å². The number of benzene rings is 4. The van der Waals surface area contributed by atoms with Gasteiger partial charge in [-0.05, 0) is 73.2 Å². The van der Waals surface area contributed by atoms with Crippen LogP contribution in [0.1, 0.15) is 56.8 Å². The van der Waals surface area contributed by atoms with E-state index < -0.39 is 41.9 Å². The van der Waals surface area contributed by atoms with Crippen LogP contribution in [-0.4, -0.2) is 57.7 Å². The number of ether oxygens (including phenoxy) is 2. The lowest BCUT2D eigenvalue weighted by Crippen LogP contribution is -2.51. The first kappa shape index (κ1) is 33.8. The van der Waals surface area contributed by atoms with E-state index in [0.29, 0.717) is 24.0 Å². The summed E-state index contributed by atoms with van der Waals surface area (Å²) in [6.07, 6.45) is 0.0214. The molecule has 11 heteroatoms. The van der Waals surface area contributed by atoms with E-state index in [4.69, 9.17) is 21.2 Å². The summed E-state index contributed by atoms with van der Waals surface area (Å²) in [7, 11) is 0. The van der Waals surface area contributed by atoms with E-state index in [9.17, 15) is 9.59 Å². The molecule has 4 atom stereocenters. The fourth-order valence-corrected chi connectivity index (χ4v) is 6.93. The normalized spacial score (nSPS) is 21.5. The summed E-state index contributed by atoms with van der Waals surface area (Å²) in [5.74, 6) is 9.12. The van der Waals surface area contributed by atoms with Crippen LogP contribution in [0.2, 0.25) is 0 Å². The number of rotatable bonds is 10. The molecule has 0 bridgehead atoms. The molecule has 0 radical (unpaired) electrons. The van der Waals surface area contributed by atoms with Gasteiger partial charge >= 0.3 is 6.03 Å². The largest absolute Gasteiger partial charge is 0.342 e. The molecule has 0 spiro atoms. The van der Waals surface area contributed by atoms with Gasteiger partial charge in [-0.1, -0.05) is 84.9 Å². The van der Waals surface area contributed by atoms with E-state index in [1.54, 1.807) is 36.4 Å². The minimum absolute atomic E-state index is 0.194. The molecule has 2 saturated heterocycles. The number of nitrogens with zero attached hydrogens (tertiary/aromatic N) is 2. The quantitative estimate of drug-likeness (QED) is 0.114. The molecule has 6 N–H and O–H groups in total. The second-order valence-corrected chi connectivity index (χ2v) is 13.0. The van der Waals surface area contributed by atoms with Gasteiger partial charge in [-0.2, -0.15) is 0 Å². The number of nitrogen functional groups attached to an aromatic ring is 2. The molecule has 0 unspecified atom stereocenters. The fourth-order valence-electron chi connectivity index (χ4n) is 6.93. The number of amides is 4. The van der Waals surface area contributed by atoms with E-state index in [0.717, 1.165) is 22.3 Å². The third-order valence-electron chi connectivity index (χ3n) is 9.14. The van der Waals surface area contributed by atoms with Crippen molar-refractivity contribution in [3.63, 3.8) is 0 Å². The van der Waals surface area contributed by atoms with E-state index in [2.05, 4.69) is 10.9 Å². The van der Waals surface area contributed by atoms with Crippen LogP contribution in [0.4, 0.5) is 4.79 Å². The molecule has 4 aromatic rings. The Labute approximate surface area is 286 Å². The first-order valence-corrected chi connectivity index (χ1v) is 16.4. The average molecular weight is 663 g/mol. The summed E-state index contributed by atoms with van der Waals surface area (Å²) in [5.41, 5.74) is 8.75. The minimum Gasteiger partial charge on any atom is -0.342 e. The number of nitrogens with two attached hydrogens (primary N) is 2. The Morgan fingerprint density at radius 2 is 1.02 bits per heavy atom. The molecule has 6 rings (SSSR count). The monoisotopic (exact) mass is 662 g/mol. The lowest BCUT2D eigenvalue weighted by Gasteiger charge is -2.37. The molecule has 2 heterocycles. The fraction of sp³-hybridized carbons (Fsp3) is 0.289. The summed E-state index contributed by atoms with van der Waals surface area (Å²) >= 11 is 0. The third kappa shape index (κ3) is 7.65. The maximum absolute atomic E-state index is 15.2. The van der Waals surface area contributed by atoms with Gasteiger partial charge in [-0.3, -0.25) is 20.4 Å². The molecule has 0 aliphatic carbocycles. The van der Waals surface area contributed by atoms with E-state index in [1.165, 1.54) is 0 Å². The Balaban J connectivity index is 1.49. The summed E-state index contributed by atoms with van der Waals surface area (Å²) in [6.45, 7) is 4.19. The number of urea groups is 1. The van der Waals surface area contributed by atoms with Crippen LogP contribution in [0.3, 0.4) is 0 Å². The van der Waals surface area contributed by atoms with Gasteiger partial charge in [0.15, 0.2) is 5.79 Å².